The third-order valence-corrected chi connectivity index (χ3v) is 7.69. The number of carbonyl (C=O) groups excluding carboxylic acids is 2. The van der Waals surface area contributed by atoms with E-state index in [1.807, 2.05) is 31.0 Å². The Kier molecular flexibility index (Phi) is 7.80. The van der Waals surface area contributed by atoms with E-state index in [4.69, 9.17) is 0 Å². The number of aryl methyl sites for hydroxylation is 2. The molecule has 2 fully saturated rings. The van der Waals surface area contributed by atoms with Gasteiger partial charge in [0.25, 0.3) is 0 Å². The smallest absolute Gasteiger partial charge is 0.224 e. The summed E-state index contributed by atoms with van der Waals surface area (Å²) in [6, 6.07) is 2.00. The van der Waals surface area contributed by atoms with Gasteiger partial charge < -0.3 is 15.5 Å². The van der Waals surface area contributed by atoms with Crippen LogP contribution in [-0.2, 0) is 16.0 Å². The number of piperidine rings is 1. The number of likely N-dealkylation sites (tertiary alicyclic amines) is 1. The fourth-order valence-corrected chi connectivity index (χ4v) is 6.09. The van der Waals surface area contributed by atoms with Crippen molar-refractivity contribution >= 4 is 34.1 Å². The minimum absolute atomic E-state index is 0.0392. The Morgan fingerprint density at radius 2 is 1.97 bits per heavy atom. The van der Waals surface area contributed by atoms with Gasteiger partial charge in [0.1, 0.15) is 11.6 Å². The lowest BCUT2D eigenvalue weighted by Gasteiger charge is -2.40. The molecule has 2 aromatic heterocycles. The topological polar surface area (TPSA) is 100 Å². The highest BCUT2D eigenvalue weighted by Crippen LogP contribution is 2.33. The second-order valence-electron chi connectivity index (χ2n) is 9.94. The van der Waals surface area contributed by atoms with Crippen LogP contribution in [0.5, 0.6) is 0 Å². The lowest BCUT2D eigenvalue weighted by atomic mass is 9.78. The monoisotopic (exact) mass is 484 g/mol. The summed E-state index contributed by atoms with van der Waals surface area (Å²) >= 11 is 1.60. The van der Waals surface area contributed by atoms with E-state index in [2.05, 4.69) is 25.6 Å². The molecule has 0 aromatic carbocycles. The van der Waals surface area contributed by atoms with E-state index in [0.29, 0.717) is 12.3 Å². The SMILES string of the molecule is CC(=O)NC1(CC(=O)N2CCCC(Cc3cc(Nc4ncc(C)s4)nc(C)n3)C2)CCCCC1. The van der Waals surface area contributed by atoms with Crippen molar-refractivity contribution in [2.24, 2.45) is 5.92 Å². The van der Waals surface area contributed by atoms with Crippen LogP contribution < -0.4 is 10.6 Å². The Labute approximate surface area is 206 Å². The van der Waals surface area contributed by atoms with Gasteiger partial charge in [-0.25, -0.2) is 15.0 Å². The first kappa shape index (κ1) is 24.6. The fraction of sp³-hybridized carbons (Fsp3) is 0.640. The molecule has 3 heterocycles. The van der Waals surface area contributed by atoms with Gasteiger partial charge in [-0.2, -0.15) is 0 Å². The molecule has 9 heteroatoms. The van der Waals surface area contributed by atoms with E-state index < -0.39 is 0 Å². The molecule has 1 aliphatic heterocycles. The molecule has 1 aliphatic carbocycles. The van der Waals surface area contributed by atoms with Crippen LogP contribution in [0.2, 0.25) is 0 Å². The highest BCUT2D eigenvalue weighted by Gasteiger charge is 2.37. The summed E-state index contributed by atoms with van der Waals surface area (Å²) in [6.45, 7) is 7.03. The van der Waals surface area contributed by atoms with Gasteiger partial charge in [0, 0.05) is 54.8 Å². The van der Waals surface area contributed by atoms with Crippen LogP contribution in [0.15, 0.2) is 12.3 Å². The Morgan fingerprint density at radius 3 is 2.68 bits per heavy atom. The van der Waals surface area contributed by atoms with Crippen LogP contribution in [0.4, 0.5) is 10.9 Å². The molecule has 1 unspecified atom stereocenters. The minimum Gasteiger partial charge on any atom is -0.350 e. The van der Waals surface area contributed by atoms with E-state index >= 15 is 0 Å². The predicted molar refractivity (Wildman–Crippen MR) is 134 cm³/mol. The Balaban J connectivity index is 1.39. The van der Waals surface area contributed by atoms with Crippen molar-refractivity contribution < 1.29 is 9.59 Å². The number of rotatable bonds is 7. The average molecular weight is 485 g/mol. The minimum atomic E-state index is -0.368. The lowest BCUT2D eigenvalue weighted by Crippen LogP contribution is -2.53. The van der Waals surface area contributed by atoms with Crippen molar-refractivity contribution in [2.45, 2.75) is 84.1 Å². The molecule has 8 nitrogen and oxygen atoms in total. The van der Waals surface area contributed by atoms with Gasteiger partial charge in [0.2, 0.25) is 11.8 Å². The second kappa shape index (κ2) is 10.8. The van der Waals surface area contributed by atoms with Crippen LogP contribution in [0, 0.1) is 19.8 Å². The number of nitrogens with one attached hydrogen (secondary N) is 2. The number of aromatic nitrogens is 3. The first-order valence-corrected chi connectivity index (χ1v) is 13.2. The van der Waals surface area contributed by atoms with Gasteiger partial charge >= 0.3 is 0 Å². The van der Waals surface area contributed by atoms with Crippen LogP contribution >= 0.6 is 11.3 Å². The normalized spacial score (nSPS) is 20.1. The highest BCUT2D eigenvalue weighted by molar-refractivity contribution is 7.15. The van der Waals surface area contributed by atoms with Crippen molar-refractivity contribution in [3.63, 3.8) is 0 Å². The maximum Gasteiger partial charge on any atom is 0.224 e. The number of thiazole rings is 1. The molecule has 0 radical (unpaired) electrons. The molecule has 2 N–H and O–H groups in total. The zero-order valence-electron chi connectivity index (χ0n) is 20.5. The molecular formula is C25H36N6O2S. The fourth-order valence-electron chi connectivity index (χ4n) is 5.42. The highest BCUT2D eigenvalue weighted by atomic mass is 32.1. The Morgan fingerprint density at radius 1 is 1.18 bits per heavy atom. The van der Waals surface area contributed by atoms with Gasteiger partial charge in [-0.1, -0.05) is 19.3 Å². The van der Waals surface area contributed by atoms with Gasteiger partial charge in [0.15, 0.2) is 5.13 Å². The van der Waals surface area contributed by atoms with Gasteiger partial charge in [-0.15, -0.1) is 11.3 Å². The summed E-state index contributed by atoms with van der Waals surface area (Å²) < 4.78 is 0. The van der Waals surface area contributed by atoms with Crippen molar-refractivity contribution in [1.82, 2.24) is 25.2 Å². The van der Waals surface area contributed by atoms with E-state index in [0.717, 1.165) is 85.4 Å². The third kappa shape index (κ3) is 6.52. The molecule has 2 amide bonds. The zero-order chi connectivity index (χ0) is 24.1. The van der Waals surface area contributed by atoms with Gasteiger partial charge in [-0.05, 0) is 51.9 Å². The number of carbonyl (C=O) groups is 2. The van der Waals surface area contributed by atoms with Crippen LogP contribution in [0.3, 0.4) is 0 Å². The molecule has 1 atom stereocenters. The Hall–Kier alpha value is -2.55. The molecule has 1 saturated heterocycles. The first-order valence-electron chi connectivity index (χ1n) is 12.4. The van der Waals surface area contributed by atoms with E-state index in [1.165, 1.54) is 6.42 Å². The van der Waals surface area contributed by atoms with Crippen molar-refractivity contribution in [2.75, 3.05) is 18.4 Å². The average Bonchev–Trinajstić information content (AvgIpc) is 3.18. The Bertz CT molecular complexity index is 1020. The maximum atomic E-state index is 13.3. The summed E-state index contributed by atoms with van der Waals surface area (Å²) in [6.07, 6.45) is 10.3. The lowest BCUT2D eigenvalue weighted by molar-refractivity contribution is -0.135. The number of hydrogen-bond acceptors (Lipinski definition) is 7. The summed E-state index contributed by atoms with van der Waals surface area (Å²) in [5.41, 5.74) is 0.622. The number of hydrogen-bond donors (Lipinski definition) is 2. The number of anilines is 2. The van der Waals surface area contributed by atoms with E-state index in [-0.39, 0.29) is 17.4 Å². The summed E-state index contributed by atoms with van der Waals surface area (Å²) in [5, 5.41) is 7.25. The van der Waals surface area contributed by atoms with Crippen molar-refractivity contribution in [3.05, 3.63) is 28.7 Å². The van der Waals surface area contributed by atoms with Crippen LogP contribution in [-0.4, -0.2) is 50.3 Å². The molecule has 2 aliphatic rings. The molecule has 2 aromatic rings. The molecular weight excluding hydrogens is 448 g/mol. The zero-order valence-corrected chi connectivity index (χ0v) is 21.3. The number of amides is 2. The van der Waals surface area contributed by atoms with Gasteiger partial charge in [-0.3, -0.25) is 9.59 Å². The van der Waals surface area contributed by atoms with Crippen LogP contribution in [0.1, 0.15) is 74.7 Å². The van der Waals surface area contributed by atoms with E-state index in [1.54, 1.807) is 18.3 Å². The predicted octanol–water partition coefficient (Wildman–Crippen LogP) is 4.30. The maximum absolute atomic E-state index is 13.3. The molecule has 4 rings (SSSR count). The van der Waals surface area contributed by atoms with Crippen LogP contribution in [0.25, 0.3) is 0 Å². The second-order valence-corrected chi connectivity index (χ2v) is 11.2. The summed E-state index contributed by atoms with van der Waals surface area (Å²) in [5.74, 6) is 1.98. The van der Waals surface area contributed by atoms with E-state index in [9.17, 15) is 9.59 Å². The van der Waals surface area contributed by atoms with Crippen molar-refractivity contribution in [3.8, 4) is 0 Å². The molecule has 0 spiro atoms. The number of nitrogens with zero attached hydrogens (tertiary/aromatic N) is 4. The molecule has 184 valence electrons. The van der Waals surface area contributed by atoms with Crippen molar-refractivity contribution in [1.29, 1.82) is 0 Å². The largest absolute Gasteiger partial charge is 0.350 e. The summed E-state index contributed by atoms with van der Waals surface area (Å²) in [4.78, 5) is 41.8. The standard InChI is InChI=1S/C25H36N6O2S/c1-17-15-26-24(34-17)29-22-13-21(27-18(2)28-22)12-20-8-7-11-31(16-20)23(33)14-25(30-19(3)32)9-5-4-6-10-25/h13,15,20H,4-12,14,16H2,1-3H3,(H,30,32)(H,26,27,28,29). The van der Waals surface area contributed by atoms with Gasteiger partial charge in [0.05, 0.1) is 0 Å². The third-order valence-electron chi connectivity index (χ3n) is 6.86. The molecule has 1 saturated carbocycles. The molecule has 34 heavy (non-hydrogen) atoms. The first-order chi connectivity index (χ1) is 16.3. The molecule has 0 bridgehead atoms. The summed E-state index contributed by atoms with van der Waals surface area (Å²) in [7, 11) is 0. The quantitative estimate of drug-likeness (QED) is 0.608.